The number of hydrogen-bond donors (Lipinski definition) is 2. The zero-order chi connectivity index (χ0) is 19.3. The predicted octanol–water partition coefficient (Wildman–Crippen LogP) is 3.24. The second kappa shape index (κ2) is 8.85. The lowest BCUT2D eigenvalue weighted by Gasteiger charge is -2.41. The highest BCUT2D eigenvalue weighted by molar-refractivity contribution is 6.33. The Bertz CT molecular complexity index is 741. The molecule has 1 saturated heterocycles. The molecule has 6 nitrogen and oxygen atoms in total. The molecule has 0 bridgehead atoms. The standard InChI is InChI=1S/C20H29ClN6/c1-2-6-20(14-22)7-10-27(11-8-20)17-13-25-16(12-26-17)4-3-15-5-9-24-19(23)18(15)21/h5,9,12-13H,2-4,6-8,10-11,14,22H2,1H3,(H2,23,24). The summed E-state index contributed by atoms with van der Waals surface area (Å²) >= 11 is 6.20. The maximum Gasteiger partial charge on any atom is 0.147 e. The molecule has 0 aliphatic carbocycles. The average molecular weight is 389 g/mol. The normalized spacial score (nSPS) is 16.5. The number of piperidine rings is 1. The molecule has 1 fully saturated rings. The van der Waals surface area contributed by atoms with Crippen molar-refractivity contribution in [1.82, 2.24) is 15.0 Å². The second-order valence-corrected chi connectivity index (χ2v) is 7.85. The fourth-order valence-electron chi connectivity index (χ4n) is 3.89. The molecule has 1 aliphatic heterocycles. The van der Waals surface area contributed by atoms with Crippen molar-refractivity contribution in [3.63, 3.8) is 0 Å². The number of nitrogens with zero attached hydrogens (tertiary/aromatic N) is 4. The van der Waals surface area contributed by atoms with E-state index >= 15 is 0 Å². The van der Waals surface area contributed by atoms with Crippen LogP contribution in [0.3, 0.4) is 0 Å². The van der Waals surface area contributed by atoms with Gasteiger partial charge in [0.15, 0.2) is 0 Å². The van der Waals surface area contributed by atoms with Crippen LogP contribution in [0.25, 0.3) is 0 Å². The van der Waals surface area contributed by atoms with E-state index in [-0.39, 0.29) is 0 Å². The molecular weight excluding hydrogens is 360 g/mol. The van der Waals surface area contributed by atoms with Gasteiger partial charge in [-0.15, -0.1) is 0 Å². The minimum Gasteiger partial charge on any atom is -0.382 e. The van der Waals surface area contributed by atoms with Crippen molar-refractivity contribution in [1.29, 1.82) is 0 Å². The summed E-state index contributed by atoms with van der Waals surface area (Å²) in [6.07, 6.45) is 11.6. The molecular formula is C20H29ClN6. The molecule has 7 heteroatoms. The first kappa shape index (κ1) is 19.8. The summed E-state index contributed by atoms with van der Waals surface area (Å²) in [5.74, 6) is 1.32. The molecule has 27 heavy (non-hydrogen) atoms. The van der Waals surface area contributed by atoms with Crippen LogP contribution in [-0.2, 0) is 12.8 Å². The van der Waals surface area contributed by atoms with Crippen LogP contribution < -0.4 is 16.4 Å². The van der Waals surface area contributed by atoms with Gasteiger partial charge in [-0.25, -0.2) is 9.97 Å². The van der Waals surface area contributed by atoms with Gasteiger partial charge in [-0.3, -0.25) is 4.98 Å². The number of pyridine rings is 1. The molecule has 2 aromatic heterocycles. The Morgan fingerprint density at radius 2 is 1.93 bits per heavy atom. The first-order valence-electron chi connectivity index (χ1n) is 9.72. The van der Waals surface area contributed by atoms with Gasteiger partial charge >= 0.3 is 0 Å². The molecule has 3 heterocycles. The number of anilines is 2. The number of aromatic nitrogens is 3. The van der Waals surface area contributed by atoms with Gasteiger partial charge in [-0.2, -0.15) is 0 Å². The molecule has 0 radical (unpaired) electrons. The molecule has 3 rings (SSSR count). The highest BCUT2D eigenvalue weighted by Crippen LogP contribution is 2.36. The van der Waals surface area contributed by atoms with Gasteiger partial charge in [-0.1, -0.05) is 24.9 Å². The van der Waals surface area contributed by atoms with E-state index < -0.39 is 0 Å². The molecule has 0 unspecified atom stereocenters. The topological polar surface area (TPSA) is 94.0 Å². The summed E-state index contributed by atoms with van der Waals surface area (Å²) in [6.45, 7) is 5.01. The van der Waals surface area contributed by atoms with Crippen molar-refractivity contribution in [3.8, 4) is 0 Å². The molecule has 0 spiro atoms. The maximum atomic E-state index is 6.20. The molecule has 0 saturated carbocycles. The lowest BCUT2D eigenvalue weighted by Crippen LogP contribution is -2.44. The predicted molar refractivity (Wildman–Crippen MR) is 111 cm³/mol. The van der Waals surface area contributed by atoms with E-state index in [1.165, 1.54) is 12.8 Å². The van der Waals surface area contributed by atoms with Crippen LogP contribution >= 0.6 is 11.6 Å². The first-order chi connectivity index (χ1) is 13.1. The van der Waals surface area contributed by atoms with Gasteiger partial charge < -0.3 is 16.4 Å². The second-order valence-electron chi connectivity index (χ2n) is 7.48. The SMILES string of the molecule is CCCC1(CN)CCN(c2cnc(CCc3ccnc(N)c3Cl)cn2)CC1. The fourth-order valence-corrected chi connectivity index (χ4v) is 4.10. The Labute approximate surface area is 166 Å². The Kier molecular flexibility index (Phi) is 6.50. The van der Waals surface area contributed by atoms with E-state index in [2.05, 4.69) is 26.8 Å². The van der Waals surface area contributed by atoms with E-state index in [1.54, 1.807) is 6.20 Å². The van der Waals surface area contributed by atoms with Gasteiger partial charge in [0, 0.05) is 19.3 Å². The monoisotopic (exact) mass is 388 g/mol. The van der Waals surface area contributed by atoms with Gasteiger partial charge in [-0.05, 0) is 55.7 Å². The Morgan fingerprint density at radius 3 is 2.56 bits per heavy atom. The van der Waals surface area contributed by atoms with E-state index in [0.717, 1.165) is 62.4 Å². The van der Waals surface area contributed by atoms with Crippen molar-refractivity contribution in [2.45, 2.75) is 45.4 Å². The van der Waals surface area contributed by atoms with Crippen molar-refractivity contribution in [2.75, 3.05) is 30.3 Å². The van der Waals surface area contributed by atoms with Crippen LogP contribution in [0.2, 0.25) is 5.02 Å². The van der Waals surface area contributed by atoms with Crippen molar-refractivity contribution in [2.24, 2.45) is 11.1 Å². The summed E-state index contributed by atoms with van der Waals surface area (Å²) < 4.78 is 0. The highest BCUT2D eigenvalue weighted by Gasteiger charge is 2.32. The summed E-state index contributed by atoms with van der Waals surface area (Å²) in [7, 11) is 0. The quantitative estimate of drug-likeness (QED) is 0.756. The third-order valence-corrected chi connectivity index (χ3v) is 6.14. The number of hydrogen-bond acceptors (Lipinski definition) is 6. The van der Waals surface area contributed by atoms with Crippen LogP contribution in [0.4, 0.5) is 11.6 Å². The lowest BCUT2D eigenvalue weighted by molar-refractivity contribution is 0.207. The van der Waals surface area contributed by atoms with Crippen LogP contribution in [-0.4, -0.2) is 34.6 Å². The number of rotatable bonds is 7. The van der Waals surface area contributed by atoms with E-state index in [9.17, 15) is 0 Å². The van der Waals surface area contributed by atoms with Crippen LogP contribution in [0.5, 0.6) is 0 Å². The zero-order valence-corrected chi connectivity index (χ0v) is 16.8. The van der Waals surface area contributed by atoms with Gasteiger partial charge in [0.2, 0.25) is 0 Å². The average Bonchev–Trinajstić information content (AvgIpc) is 2.70. The smallest absolute Gasteiger partial charge is 0.147 e. The van der Waals surface area contributed by atoms with Crippen molar-refractivity contribution < 1.29 is 0 Å². The van der Waals surface area contributed by atoms with Crippen molar-refractivity contribution in [3.05, 3.63) is 40.9 Å². The van der Waals surface area contributed by atoms with Gasteiger partial charge in [0.1, 0.15) is 11.6 Å². The molecule has 4 N–H and O–H groups in total. The third-order valence-electron chi connectivity index (χ3n) is 5.70. The molecule has 0 aromatic carbocycles. The molecule has 0 amide bonds. The Morgan fingerprint density at radius 1 is 1.15 bits per heavy atom. The summed E-state index contributed by atoms with van der Waals surface area (Å²) in [5.41, 5.74) is 14.1. The minimum atomic E-state index is 0.310. The molecule has 2 aromatic rings. The lowest BCUT2D eigenvalue weighted by atomic mass is 9.75. The number of aryl methyl sites for hydroxylation is 2. The van der Waals surface area contributed by atoms with Gasteiger partial charge in [0.25, 0.3) is 0 Å². The largest absolute Gasteiger partial charge is 0.382 e. The third kappa shape index (κ3) is 4.68. The number of halogens is 1. The van der Waals surface area contributed by atoms with Gasteiger partial charge in [0.05, 0.1) is 23.1 Å². The van der Waals surface area contributed by atoms with E-state index in [4.69, 9.17) is 23.1 Å². The molecule has 1 aliphatic rings. The molecule has 0 atom stereocenters. The summed E-state index contributed by atoms with van der Waals surface area (Å²) in [4.78, 5) is 15.5. The fraction of sp³-hybridized carbons (Fsp3) is 0.550. The van der Waals surface area contributed by atoms with Crippen LogP contribution in [0, 0.1) is 5.41 Å². The zero-order valence-electron chi connectivity index (χ0n) is 16.0. The number of nitrogens with two attached hydrogens (primary N) is 2. The molecule has 146 valence electrons. The first-order valence-corrected chi connectivity index (χ1v) is 10.1. The summed E-state index contributed by atoms with van der Waals surface area (Å²) in [6, 6.07) is 1.90. The number of nitrogen functional groups attached to an aromatic ring is 1. The summed E-state index contributed by atoms with van der Waals surface area (Å²) in [5, 5.41) is 0.533. The van der Waals surface area contributed by atoms with E-state index in [0.29, 0.717) is 16.3 Å². The maximum absolute atomic E-state index is 6.20. The Balaban J connectivity index is 1.57. The van der Waals surface area contributed by atoms with Crippen LogP contribution in [0.15, 0.2) is 24.7 Å². The van der Waals surface area contributed by atoms with E-state index in [1.807, 2.05) is 18.5 Å². The highest BCUT2D eigenvalue weighted by atomic mass is 35.5. The van der Waals surface area contributed by atoms with Crippen LogP contribution in [0.1, 0.15) is 43.9 Å². The minimum absolute atomic E-state index is 0.310. The van der Waals surface area contributed by atoms with Crippen molar-refractivity contribution >= 4 is 23.2 Å². The Hall–Kier alpha value is -1.92.